The lowest BCUT2D eigenvalue weighted by Gasteiger charge is -2.33. The Kier molecular flexibility index (Phi) is 6.75. The molecule has 1 saturated heterocycles. The van der Waals surface area contributed by atoms with Gasteiger partial charge in [-0.25, -0.2) is 12.7 Å². The monoisotopic (exact) mass is 414 g/mol. The van der Waals surface area contributed by atoms with Gasteiger partial charge in [0.2, 0.25) is 15.9 Å². The third kappa shape index (κ3) is 5.46. The van der Waals surface area contributed by atoms with E-state index >= 15 is 0 Å². The van der Waals surface area contributed by atoms with Gasteiger partial charge in [0.15, 0.2) is 0 Å². The van der Waals surface area contributed by atoms with Gasteiger partial charge in [0.1, 0.15) is 0 Å². The van der Waals surface area contributed by atoms with Crippen molar-refractivity contribution in [2.75, 3.05) is 20.1 Å². The molecule has 0 spiro atoms. The Bertz CT molecular complexity index is 957. The Morgan fingerprint density at radius 1 is 1.07 bits per heavy atom. The first kappa shape index (κ1) is 21.5. The van der Waals surface area contributed by atoms with E-state index < -0.39 is 10.0 Å². The van der Waals surface area contributed by atoms with E-state index in [-0.39, 0.29) is 24.1 Å². The summed E-state index contributed by atoms with van der Waals surface area (Å²) in [6.07, 6.45) is 1.44. The molecular weight excluding hydrogens is 384 g/mol. The molecule has 0 N–H and O–H groups in total. The van der Waals surface area contributed by atoms with Crippen molar-refractivity contribution in [2.45, 2.75) is 39.0 Å². The minimum atomic E-state index is -3.44. The van der Waals surface area contributed by atoms with Crippen molar-refractivity contribution >= 4 is 15.9 Å². The lowest BCUT2D eigenvalue weighted by molar-refractivity contribution is -0.135. The predicted molar refractivity (Wildman–Crippen MR) is 116 cm³/mol. The zero-order valence-electron chi connectivity index (χ0n) is 17.5. The van der Waals surface area contributed by atoms with Gasteiger partial charge in [-0.15, -0.1) is 0 Å². The molecule has 29 heavy (non-hydrogen) atoms. The molecular formula is C23H30N2O3S. The normalized spacial score (nSPS) is 17.8. The second kappa shape index (κ2) is 9.09. The number of piperidine rings is 1. The number of sulfonamides is 1. The van der Waals surface area contributed by atoms with E-state index in [0.29, 0.717) is 19.5 Å². The Morgan fingerprint density at radius 2 is 1.79 bits per heavy atom. The minimum Gasteiger partial charge on any atom is -0.341 e. The SMILES string of the molecule is Cc1ccc(CN(C)C(=O)C2CCCN(S(=O)(=O)Cc3ccccc3)C2)cc1C. The fourth-order valence-electron chi connectivity index (χ4n) is 3.84. The Balaban J connectivity index is 1.64. The molecule has 1 heterocycles. The molecule has 1 fully saturated rings. The number of aryl methyl sites for hydroxylation is 2. The van der Waals surface area contributed by atoms with Gasteiger partial charge in [-0.1, -0.05) is 48.5 Å². The van der Waals surface area contributed by atoms with Crippen molar-refractivity contribution in [3.05, 3.63) is 70.8 Å². The van der Waals surface area contributed by atoms with E-state index in [1.54, 1.807) is 11.9 Å². The quantitative estimate of drug-likeness (QED) is 0.727. The van der Waals surface area contributed by atoms with Gasteiger partial charge in [0.05, 0.1) is 11.7 Å². The summed E-state index contributed by atoms with van der Waals surface area (Å²) in [6.45, 7) is 5.43. The molecule has 0 aromatic heterocycles. The smallest absolute Gasteiger partial charge is 0.227 e. The number of amides is 1. The number of hydrogen-bond acceptors (Lipinski definition) is 3. The molecule has 1 amide bonds. The van der Waals surface area contributed by atoms with Gasteiger partial charge < -0.3 is 4.90 Å². The van der Waals surface area contributed by atoms with E-state index in [4.69, 9.17) is 0 Å². The molecule has 1 atom stereocenters. The van der Waals surface area contributed by atoms with Crippen LogP contribution in [0, 0.1) is 19.8 Å². The van der Waals surface area contributed by atoms with Crippen molar-refractivity contribution in [3.63, 3.8) is 0 Å². The maximum Gasteiger partial charge on any atom is 0.227 e. The lowest BCUT2D eigenvalue weighted by atomic mass is 9.98. The van der Waals surface area contributed by atoms with Crippen LogP contribution in [0.25, 0.3) is 0 Å². The topological polar surface area (TPSA) is 57.7 Å². The van der Waals surface area contributed by atoms with Gasteiger partial charge in [-0.3, -0.25) is 4.79 Å². The van der Waals surface area contributed by atoms with E-state index in [2.05, 4.69) is 26.0 Å². The van der Waals surface area contributed by atoms with Gasteiger partial charge in [0.25, 0.3) is 0 Å². The highest BCUT2D eigenvalue weighted by atomic mass is 32.2. The minimum absolute atomic E-state index is 0.0165. The summed E-state index contributed by atoms with van der Waals surface area (Å²) in [4.78, 5) is 14.7. The lowest BCUT2D eigenvalue weighted by Crippen LogP contribution is -2.46. The average Bonchev–Trinajstić information content (AvgIpc) is 2.70. The van der Waals surface area contributed by atoms with Gasteiger partial charge in [0, 0.05) is 26.7 Å². The molecule has 1 aliphatic heterocycles. The van der Waals surface area contributed by atoms with E-state index in [1.807, 2.05) is 36.4 Å². The van der Waals surface area contributed by atoms with Crippen LogP contribution in [0.3, 0.4) is 0 Å². The first-order chi connectivity index (χ1) is 13.8. The summed E-state index contributed by atoms with van der Waals surface area (Å²) in [5, 5.41) is 0. The zero-order valence-corrected chi connectivity index (χ0v) is 18.3. The zero-order chi connectivity index (χ0) is 21.0. The van der Waals surface area contributed by atoms with Crippen LogP contribution in [0.1, 0.15) is 35.1 Å². The van der Waals surface area contributed by atoms with Crippen molar-refractivity contribution in [1.82, 2.24) is 9.21 Å². The summed E-state index contributed by atoms with van der Waals surface area (Å²) in [5.41, 5.74) is 4.30. The molecule has 0 saturated carbocycles. The Morgan fingerprint density at radius 3 is 2.48 bits per heavy atom. The molecule has 5 nitrogen and oxygen atoms in total. The summed E-state index contributed by atoms with van der Waals surface area (Å²) in [5.74, 6) is -0.290. The number of hydrogen-bond donors (Lipinski definition) is 0. The van der Waals surface area contributed by atoms with Crippen molar-refractivity contribution in [1.29, 1.82) is 0 Å². The molecule has 1 unspecified atom stereocenters. The third-order valence-electron chi connectivity index (χ3n) is 5.69. The van der Waals surface area contributed by atoms with E-state index in [9.17, 15) is 13.2 Å². The van der Waals surface area contributed by atoms with E-state index in [1.165, 1.54) is 15.4 Å². The second-order valence-electron chi connectivity index (χ2n) is 8.05. The maximum atomic E-state index is 13.0. The standard InChI is InChI=1S/C23H30N2O3S/c1-18-11-12-21(14-19(18)2)15-24(3)23(26)22-10-7-13-25(16-22)29(27,28)17-20-8-5-4-6-9-20/h4-6,8-9,11-12,14,22H,7,10,13,15-17H2,1-3H3. The third-order valence-corrected chi connectivity index (χ3v) is 7.50. The van der Waals surface area contributed by atoms with Crippen LogP contribution in [0.15, 0.2) is 48.5 Å². The van der Waals surface area contributed by atoms with Crippen LogP contribution in [0.2, 0.25) is 0 Å². The molecule has 6 heteroatoms. The number of carbonyl (C=O) groups is 1. The highest BCUT2D eigenvalue weighted by Gasteiger charge is 2.33. The van der Waals surface area contributed by atoms with Crippen molar-refractivity contribution in [3.8, 4) is 0 Å². The average molecular weight is 415 g/mol. The number of nitrogens with zero attached hydrogens (tertiary/aromatic N) is 2. The summed E-state index contributed by atoms with van der Waals surface area (Å²) in [6, 6.07) is 15.4. The van der Waals surface area contributed by atoms with Crippen LogP contribution in [0.5, 0.6) is 0 Å². The van der Waals surface area contributed by atoms with E-state index in [0.717, 1.165) is 17.5 Å². The highest BCUT2D eigenvalue weighted by Crippen LogP contribution is 2.23. The summed E-state index contributed by atoms with van der Waals surface area (Å²) < 4.78 is 27.2. The molecule has 0 bridgehead atoms. The first-order valence-corrected chi connectivity index (χ1v) is 11.7. The second-order valence-corrected chi connectivity index (χ2v) is 10.0. The van der Waals surface area contributed by atoms with Crippen molar-refractivity contribution in [2.24, 2.45) is 5.92 Å². The first-order valence-electron chi connectivity index (χ1n) is 10.1. The molecule has 0 aliphatic carbocycles. The van der Waals surface area contributed by atoms with Crippen LogP contribution in [0.4, 0.5) is 0 Å². The maximum absolute atomic E-state index is 13.0. The number of benzene rings is 2. The summed E-state index contributed by atoms with van der Waals surface area (Å²) in [7, 11) is -1.63. The molecule has 2 aromatic carbocycles. The predicted octanol–water partition coefficient (Wildman–Crippen LogP) is 3.50. The number of carbonyl (C=O) groups excluding carboxylic acids is 1. The van der Waals surface area contributed by atoms with Gasteiger partial charge in [-0.2, -0.15) is 0 Å². The Labute approximate surface area is 174 Å². The van der Waals surface area contributed by atoms with Crippen LogP contribution in [-0.4, -0.2) is 43.7 Å². The number of rotatable bonds is 6. The van der Waals surface area contributed by atoms with Crippen LogP contribution < -0.4 is 0 Å². The molecule has 1 aliphatic rings. The van der Waals surface area contributed by atoms with Gasteiger partial charge >= 0.3 is 0 Å². The summed E-state index contributed by atoms with van der Waals surface area (Å²) >= 11 is 0. The van der Waals surface area contributed by atoms with Gasteiger partial charge in [-0.05, 0) is 48.9 Å². The van der Waals surface area contributed by atoms with Crippen LogP contribution >= 0.6 is 0 Å². The molecule has 3 rings (SSSR count). The molecule has 0 radical (unpaired) electrons. The van der Waals surface area contributed by atoms with Crippen molar-refractivity contribution < 1.29 is 13.2 Å². The Hall–Kier alpha value is -2.18. The molecule has 2 aromatic rings. The fraction of sp³-hybridized carbons (Fsp3) is 0.435. The highest BCUT2D eigenvalue weighted by molar-refractivity contribution is 7.88. The largest absolute Gasteiger partial charge is 0.341 e. The molecule has 156 valence electrons. The fourth-order valence-corrected chi connectivity index (χ4v) is 5.45. The van der Waals surface area contributed by atoms with Crippen LogP contribution in [-0.2, 0) is 27.1 Å².